The van der Waals surface area contributed by atoms with Gasteiger partial charge in [-0.25, -0.2) is 14.8 Å². The van der Waals surface area contributed by atoms with E-state index in [0.29, 0.717) is 39.3 Å². The Morgan fingerprint density at radius 3 is 2.81 bits per heavy atom. The van der Waals surface area contributed by atoms with Crippen molar-refractivity contribution in [3.8, 4) is 0 Å². The zero-order valence-electron chi connectivity index (χ0n) is 14.1. The molecule has 4 rings (SSSR count). The number of aromatic nitrogens is 2. The van der Waals surface area contributed by atoms with Crippen LogP contribution in [0.15, 0.2) is 18.6 Å². The number of amides is 1. The molecule has 0 saturated carbocycles. The average Bonchev–Trinajstić information content (AvgIpc) is 3.06. The Bertz CT molecular complexity index is 749. The number of carbonyl (C=O) groups is 1. The third-order valence-electron chi connectivity index (χ3n) is 4.80. The summed E-state index contributed by atoms with van der Waals surface area (Å²) in [5.41, 5.74) is -0.333. The number of hydrogen-bond donors (Lipinski definition) is 1. The minimum absolute atomic E-state index is 0.0373. The first kappa shape index (κ1) is 17.9. The van der Waals surface area contributed by atoms with Crippen molar-refractivity contribution >= 4 is 39.2 Å². The number of rotatable bonds is 3. The van der Waals surface area contributed by atoms with Gasteiger partial charge < -0.3 is 14.7 Å². The summed E-state index contributed by atoms with van der Waals surface area (Å²) < 4.78 is 5.49. The molecule has 0 spiro atoms. The van der Waals surface area contributed by atoms with E-state index in [1.165, 1.54) is 9.78 Å². The van der Waals surface area contributed by atoms with E-state index in [9.17, 15) is 9.90 Å². The molecular formula is C16H20ClN5O3S. The van der Waals surface area contributed by atoms with Gasteiger partial charge in [-0.2, -0.15) is 0 Å². The number of halogens is 1. The van der Waals surface area contributed by atoms with Crippen LogP contribution >= 0.6 is 22.9 Å². The molecule has 1 amide bonds. The molecule has 4 heterocycles. The van der Waals surface area contributed by atoms with Crippen LogP contribution in [0.5, 0.6) is 0 Å². The van der Waals surface area contributed by atoms with Crippen LogP contribution in [0.2, 0.25) is 0 Å². The Labute approximate surface area is 159 Å². The summed E-state index contributed by atoms with van der Waals surface area (Å²) >= 11 is 7.89. The molecule has 1 N–H and O–H groups in total. The maximum atomic E-state index is 11.2. The van der Waals surface area contributed by atoms with E-state index in [4.69, 9.17) is 16.3 Å². The Kier molecular flexibility index (Phi) is 5.23. The lowest BCUT2D eigenvalue weighted by Crippen LogP contribution is -2.54. The van der Waals surface area contributed by atoms with Crippen molar-refractivity contribution in [2.45, 2.75) is 11.7 Å². The molecule has 2 aromatic heterocycles. The van der Waals surface area contributed by atoms with Crippen molar-refractivity contribution in [2.24, 2.45) is 0 Å². The normalized spacial score (nSPS) is 24.0. The molecule has 2 aliphatic rings. The van der Waals surface area contributed by atoms with Gasteiger partial charge in [-0.1, -0.05) is 11.6 Å². The number of nitrogens with zero attached hydrogens (tertiary/aromatic N) is 5. The van der Waals surface area contributed by atoms with Crippen molar-refractivity contribution in [2.75, 3.05) is 45.9 Å². The minimum atomic E-state index is -0.856. The van der Waals surface area contributed by atoms with E-state index < -0.39 is 6.09 Å². The number of carboxylic acid groups (broad SMARTS) is 1. The highest BCUT2D eigenvalue weighted by molar-refractivity contribution is 7.18. The Balaban J connectivity index is 1.62. The maximum Gasteiger partial charge on any atom is 0.407 e. The molecule has 26 heavy (non-hydrogen) atoms. The second-order valence-electron chi connectivity index (χ2n) is 6.39. The Morgan fingerprint density at radius 2 is 2.12 bits per heavy atom. The molecule has 2 aliphatic heterocycles. The quantitative estimate of drug-likeness (QED) is 0.792. The first-order chi connectivity index (χ1) is 12.6. The van der Waals surface area contributed by atoms with Gasteiger partial charge in [0.25, 0.3) is 0 Å². The number of fused-ring (bicyclic) bond motifs is 1. The summed E-state index contributed by atoms with van der Waals surface area (Å²) in [7, 11) is 0. The second-order valence-corrected chi connectivity index (χ2v) is 7.94. The number of morpholine rings is 1. The third kappa shape index (κ3) is 3.63. The number of thiophene rings is 1. The third-order valence-corrected chi connectivity index (χ3v) is 6.16. The van der Waals surface area contributed by atoms with Crippen LogP contribution in [-0.4, -0.2) is 87.3 Å². The van der Waals surface area contributed by atoms with Gasteiger partial charge in [0.15, 0.2) is 0 Å². The molecule has 8 nitrogen and oxygen atoms in total. The van der Waals surface area contributed by atoms with E-state index >= 15 is 0 Å². The number of ether oxygens (including phenoxy) is 1. The number of alkyl halides is 1. The molecule has 0 aromatic carbocycles. The van der Waals surface area contributed by atoms with Crippen LogP contribution in [-0.2, 0) is 4.74 Å². The predicted molar refractivity (Wildman–Crippen MR) is 98.5 cm³/mol. The van der Waals surface area contributed by atoms with Crippen LogP contribution in [0.1, 0.15) is 11.0 Å². The number of hydrogen-bond acceptors (Lipinski definition) is 7. The van der Waals surface area contributed by atoms with E-state index in [1.54, 1.807) is 17.7 Å². The van der Waals surface area contributed by atoms with Crippen molar-refractivity contribution in [3.63, 3.8) is 0 Å². The Morgan fingerprint density at radius 1 is 1.31 bits per heavy atom. The van der Waals surface area contributed by atoms with E-state index in [1.807, 2.05) is 6.20 Å². The summed E-state index contributed by atoms with van der Waals surface area (Å²) in [4.78, 5) is 27.9. The molecule has 2 fully saturated rings. The molecule has 0 aliphatic carbocycles. The van der Waals surface area contributed by atoms with E-state index in [2.05, 4.69) is 25.8 Å². The smallest absolute Gasteiger partial charge is 0.407 e. The monoisotopic (exact) mass is 397 g/mol. The predicted octanol–water partition coefficient (Wildman–Crippen LogP) is 1.88. The summed E-state index contributed by atoms with van der Waals surface area (Å²) in [5, 5.41) is 10.2. The molecule has 10 heteroatoms. The Hall–Kier alpha value is -1.52. The average molecular weight is 398 g/mol. The van der Waals surface area contributed by atoms with Crippen molar-refractivity contribution in [3.05, 3.63) is 23.5 Å². The van der Waals surface area contributed by atoms with Gasteiger partial charge in [-0.3, -0.25) is 9.80 Å². The fourth-order valence-corrected chi connectivity index (χ4v) is 4.94. The van der Waals surface area contributed by atoms with Gasteiger partial charge in [0.05, 0.1) is 12.8 Å². The molecule has 2 unspecified atom stereocenters. The van der Waals surface area contributed by atoms with Crippen molar-refractivity contribution in [1.82, 2.24) is 24.7 Å². The summed E-state index contributed by atoms with van der Waals surface area (Å²) in [6.07, 6.45) is 2.57. The molecule has 2 aromatic rings. The largest absolute Gasteiger partial charge is 0.465 e. The molecule has 0 radical (unpaired) electrons. The molecule has 0 bridgehead atoms. The zero-order chi connectivity index (χ0) is 18.1. The van der Waals surface area contributed by atoms with Crippen LogP contribution in [0, 0.1) is 0 Å². The zero-order valence-corrected chi connectivity index (χ0v) is 15.7. The number of piperazine rings is 1. The summed E-state index contributed by atoms with van der Waals surface area (Å²) in [6, 6.07) is 2.13. The molecule has 2 saturated heterocycles. The maximum absolute atomic E-state index is 11.2. The van der Waals surface area contributed by atoms with Crippen molar-refractivity contribution < 1.29 is 14.6 Å². The van der Waals surface area contributed by atoms with Crippen molar-refractivity contribution in [1.29, 1.82) is 0 Å². The van der Waals surface area contributed by atoms with Gasteiger partial charge in [0.2, 0.25) is 0 Å². The van der Waals surface area contributed by atoms with E-state index in [0.717, 1.165) is 16.8 Å². The van der Waals surface area contributed by atoms with Gasteiger partial charge in [-0.05, 0) is 6.07 Å². The van der Waals surface area contributed by atoms with Crippen LogP contribution < -0.4 is 0 Å². The lowest BCUT2D eigenvalue weighted by molar-refractivity contribution is -0.0571. The van der Waals surface area contributed by atoms with Gasteiger partial charge in [0, 0.05) is 55.7 Å². The second kappa shape index (κ2) is 7.61. The lowest BCUT2D eigenvalue weighted by atomic mass is 10.2. The first-order valence-electron chi connectivity index (χ1n) is 8.53. The van der Waals surface area contributed by atoms with Gasteiger partial charge in [-0.15, -0.1) is 11.3 Å². The molecule has 140 valence electrons. The highest BCUT2D eigenvalue weighted by Crippen LogP contribution is 2.35. The summed E-state index contributed by atoms with van der Waals surface area (Å²) in [5.74, 6) is 0. The first-order valence-corrected chi connectivity index (χ1v) is 9.78. The fourth-order valence-electron chi connectivity index (χ4n) is 3.53. The van der Waals surface area contributed by atoms with Crippen LogP contribution in [0.3, 0.4) is 0 Å². The molecule has 2 atom stereocenters. The molecular weight excluding hydrogens is 378 g/mol. The van der Waals surface area contributed by atoms with Gasteiger partial charge >= 0.3 is 6.09 Å². The fraction of sp³-hybridized carbons (Fsp3) is 0.562. The highest BCUT2D eigenvalue weighted by Gasteiger charge is 2.34. The van der Waals surface area contributed by atoms with Crippen LogP contribution in [0.25, 0.3) is 10.2 Å². The SMILES string of the molecule is O=C(O)N1CCN(C(c2cc3cncnc3s2)N2CCOC(Cl)C2)CC1. The van der Waals surface area contributed by atoms with Crippen LogP contribution in [0.4, 0.5) is 4.79 Å². The highest BCUT2D eigenvalue weighted by atomic mass is 35.5. The topological polar surface area (TPSA) is 82.0 Å². The van der Waals surface area contributed by atoms with Gasteiger partial charge in [0.1, 0.15) is 16.7 Å². The lowest BCUT2D eigenvalue weighted by Gasteiger charge is -2.44. The van der Waals surface area contributed by atoms with E-state index in [-0.39, 0.29) is 11.7 Å². The summed E-state index contributed by atoms with van der Waals surface area (Å²) in [6.45, 7) is 4.38. The standard InChI is InChI=1S/C16H20ClN5O3S/c17-13-9-22(5-6-25-13)15(20-1-3-21(4-2-20)16(23)24)12-7-11-8-18-10-19-14(11)26-12/h7-8,10,13,15H,1-6,9H2,(H,23,24). The minimum Gasteiger partial charge on any atom is -0.465 e.